The summed E-state index contributed by atoms with van der Waals surface area (Å²) in [6, 6.07) is 0.500. The lowest BCUT2D eigenvalue weighted by Gasteiger charge is -2.23. The average molecular weight is 357 g/mol. The number of nitrogens with one attached hydrogen (secondary N) is 2. The second-order valence-electron chi connectivity index (χ2n) is 7.86. The topological polar surface area (TPSA) is 67.7 Å². The van der Waals surface area contributed by atoms with Gasteiger partial charge in [-0.2, -0.15) is 10.1 Å². The van der Waals surface area contributed by atoms with Gasteiger partial charge < -0.3 is 10.6 Å². The van der Waals surface area contributed by atoms with E-state index in [4.69, 9.17) is 10.1 Å². The van der Waals surface area contributed by atoms with Crippen molar-refractivity contribution in [1.82, 2.24) is 25.1 Å². The maximum Gasteiger partial charge on any atom is 0.224 e. The van der Waals surface area contributed by atoms with Crippen LogP contribution in [0, 0.1) is 0 Å². The molecule has 0 amide bonds. The minimum atomic E-state index is 0.500. The lowest BCUT2D eigenvalue weighted by molar-refractivity contribution is 0.331. The largest absolute Gasteiger partial charge is 0.354 e. The molecule has 6 heteroatoms. The van der Waals surface area contributed by atoms with E-state index in [1.165, 1.54) is 49.6 Å². The second kappa shape index (κ2) is 8.33. The number of hydrogen-bond donors (Lipinski definition) is 2. The highest BCUT2D eigenvalue weighted by Gasteiger charge is 2.26. The molecule has 2 aromatic heterocycles. The fourth-order valence-corrected chi connectivity index (χ4v) is 4.38. The van der Waals surface area contributed by atoms with Crippen LogP contribution in [0.4, 0.5) is 5.95 Å². The van der Waals surface area contributed by atoms with Crippen LogP contribution in [0.2, 0.25) is 0 Å². The minimum absolute atomic E-state index is 0.500. The van der Waals surface area contributed by atoms with Gasteiger partial charge in [-0.3, -0.25) is 0 Å². The molecule has 2 aliphatic rings. The predicted octanol–water partition coefficient (Wildman–Crippen LogP) is 4.01. The molecular formula is C20H32N6. The van der Waals surface area contributed by atoms with Gasteiger partial charge in [0.25, 0.3) is 0 Å². The number of rotatable bonds is 6. The Bertz CT molecular complexity index is 712. The highest BCUT2D eigenvalue weighted by Crippen LogP contribution is 2.35. The number of piperidine rings is 1. The number of anilines is 1. The summed E-state index contributed by atoms with van der Waals surface area (Å²) in [6.45, 7) is 5.30. The zero-order valence-electron chi connectivity index (χ0n) is 16.0. The first kappa shape index (κ1) is 17.7. The summed E-state index contributed by atoms with van der Waals surface area (Å²) in [6.07, 6.45) is 13.1. The molecule has 3 heterocycles. The van der Waals surface area contributed by atoms with E-state index in [1.807, 2.05) is 6.20 Å². The Morgan fingerprint density at radius 3 is 2.73 bits per heavy atom. The number of hydrogen-bond acceptors (Lipinski definition) is 5. The summed E-state index contributed by atoms with van der Waals surface area (Å²) >= 11 is 0. The smallest absolute Gasteiger partial charge is 0.224 e. The molecule has 0 aromatic carbocycles. The molecule has 6 nitrogen and oxygen atoms in total. The van der Waals surface area contributed by atoms with E-state index >= 15 is 0 Å². The Hall–Kier alpha value is -1.69. The summed E-state index contributed by atoms with van der Waals surface area (Å²) in [4.78, 5) is 9.50. The fourth-order valence-electron chi connectivity index (χ4n) is 4.38. The molecular weight excluding hydrogens is 324 g/mol. The Morgan fingerprint density at radius 2 is 1.96 bits per heavy atom. The molecule has 0 atom stereocenters. The van der Waals surface area contributed by atoms with Crippen LogP contribution in [-0.2, 0) is 0 Å². The van der Waals surface area contributed by atoms with Crippen LogP contribution < -0.4 is 10.6 Å². The number of unbranched alkanes of at least 4 members (excludes halogenated alkanes) is 1. The van der Waals surface area contributed by atoms with Crippen molar-refractivity contribution < 1.29 is 0 Å². The van der Waals surface area contributed by atoms with Gasteiger partial charge in [0.15, 0.2) is 5.65 Å². The van der Waals surface area contributed by atoms with Gasteiger partial charge in [-0.05, 0) is 45.2 Å². The van der Waals surface area contributed by atoms with Crippen molar-refractivity contribution >= 4 is 17.0 Å². The van der Waals surface area contributed by atoms with Gasteiger partial charge in [0.05, 0.1) is 17.1 Å². The standard InChI is InChI=1S/C20H32N6/c1-2-3-11-22-20-23-14-17-18(15-9-12-21-13-10-15)25-26(19(17)24-20)16-7-5-4-6-8-16/h14-16,21H,2-13H2,1H3,(H,22,23,24). The maximum absolute atomic E-state index is 5.13. The molecule has 1 saturated carbocycles. The molecule has 2 aromatic rings. The van der Waals surface area contributed by atoms with E-state index in [-0.39, 0.29) is 0 Å². The molecule has 4 rings (SSSR count). The normalized spacial score (nSPS) is 19.9. The molecule has 1 aliphatic carbocycles. The van der Waals surface area contributed by atoms with E-state index in [1.54, 1.807) is 0 Å². The first-order chi connectivity index (χ1) is 12.9. The molecule has 2 fully saturated rings. The SMILES string of the molecule is CCCCNc1ncc2c(C3CCNCC3)nn(C3CCCCC3)c2n1. The lowest BCUT2D eigenvalue weighted by atomic mass is 9.93. The fraction of sp³-hybridized carbons (Fsp3) is 0.750. The summed E-state index contributed by atoms with van der Waals surface area (Å²) in [5, 5.41) is 13.2. The van der Waals surface area contributed by atoms with Gasteiger partial charge >= 0.3 is 0 Å². The van der Waals surface area contributed by atoms with Gasteiger partial charge in [-0.25, -0.2) is 9.67 Å². The third-order valence-electron chi connectivity index (χ3n) is 5.94. The van der Waals surface area contributed by atoms with E-state index in [0.717, 1.165) is 50.5 Å². The third kappa shape index (κ3) is 3.70. The Morgan fingerprint density at radius 1 is 1.15 bits per heavy atom. The third-order valence-corrected chi connectivity index (χ3v) is 5.94. The Labute approximate surface area is 156 Å². The van der Waals surface area contributed by atoms with Crippen LogP contribution in [0.15, 0.2) is 6.20 Å². The monoisotopic (exact) mass is 356 g/mol. The van der Waals surface area contributed by atoms with Crippen molar-refractivity contribution in [2.45, 2.75) is 76.7 Å². The number of nitrogens with zero attached hydrogens (tertiary/aromatic N) is 4. The summed E-state index contributed by atoms with van der Waals surface area (Å²) < 4.78 is 2.25. The number of aromatic nitrogens is 4. The zero-order chi connectivity index (χ0) is 17.8. The summed E-state index contributed by atoms with van der Waals surface area (Å²) in [5.74, 6) is 1.28. The zero-order valence-corrected chi connectivity index (χ0v) is 16.0. The van der Waals surface area contributed by atoms with Crippen LogP contribution in [0.1, 0.15) is 82.4 Å². The lowest BCUT2D eigenvalue weighted by Crippen LogP contribution is -2.27. The maximum atomic E-state index is 5.13. The molecule has 0 radical (unpaired) electrons. The van der Waals surface area contributed by atoms with Crippen LogP contribution >= 0.6 is 0 Å². The molecule has 0 spiro atoms. The number of fused-ring (bicyclic) bond motifs is 1. The summed E-state index contributed by atoms with van der Waals surface area (Å²) in [7, 11) is 0. The quantitative estimate of drug-likeness (QED) is 0.766. The predicted molar refractivity (Wildman–Crippen MR) is 106 cm³/mol. The van der Waals surface area contributed by atoms with Gasteiger partial charge in [-0.1, -0.05) is 32.6 Å². The van der Waals surface area contributed by atoms with Crippen molar-refractivity contribution in [3.63, 3.8) is 0 Å². The van der Waals surface area contributed by atoms with Crippen LogP contribution in [0.25, 0.3) is 11.0 Å². The first-order valence-electron chi connectivity index (χ1n) is 10.6. The highest BCUT2D eigenvalue weighted by atomic mass is 15.3. The second-order valence-corrected chi connectivity index (χ2v) is 7.86. The molecule has 0 bridgehead atoms. The van der Waals surface area contributed by atoms with Crippen LogP contribution in [-0.4, -0.2) is 39.4 Å². The molecule has 1 aliphatic heterocycles. The van der Waals surface area contributed by atoms with Crippen molar-refractivity contribution in [2.75, 3.05) is 25.0 Å². The first-order valence-corrected chi connectivity index (χ1v) is 10.6. The Balaban J connectivity index is 1.69. The van der Waals surface area contributed by atoms with Crippen LogP contribution in [0.5, 0.6) is 0 Å². The molecule has 142 valence electrons. The van der Waals surface area contributed by atoms with Gasteiger partial charge in [-0.15, -0.1) is 0 Å². The highest BCUT2D eigenvalue weighted by molar-refractivity contribution is 5.79. The van der Waals surface area contributed by atoms with Crippen molar-refractivity contribution in [3.05, 3.63) is 11.9 Å². The summed E-state index contributed by atoms with van der Waals surface area (Å²) in [5.41, 5.74) is 2.27. The molecule has 26 heavy (non-hydrogen) atoms. The Kier molecular flexibility index (Phi) is 5.68. The van der Waals surface area contributed by atoms with Crippen molar-refractivity contribution in [1.29, 1.82) is 0 Å². The van der Waals surface area contributed by atoms with Gasteiger partial charge in [0, 0.05) is 18.7 Å². The van der Waals surface area contributed by atoms with Crippen molar-refractivity contribution in [3.8, 4) is 0 Å². The van der Waals surface area contributed by atoms with E-state index in [2.05, 4.69) is 27.2 Å². The molecule has 0 unspecified atom stereocenters. The minimum Gasteiger partial charge on any atom is -0.354 e. The van der Waals surface area contributed by atoms with Crippen molar-refractivity contribution in [2.24, 2.45) is 0 Å². The van der Waals surface area contributed by atoms with E-state index in [0.29, 0.717) is 12.0 Å². The average Bonchev–Trinajstić information content (AvgIpc) is 3.08. The molecule has 2 N–H and O–H groups in total. The van der Waals surface area contributed by atoms with Crippen LogP contribution in [0.3, 0.4) is 0 Å². The van der Waals surface area contributed by atoms with E-state index in [9.17, 15) is 0 Å². The van der Waals surface area contributed by atoms with Gasteiger partial charge in [0.1, 0.15) is 0 Å². The molecule has 1 saturated heterocycles. The van der Waals surface area contributed by atoms with Gasteiger partial charge in [0.2, 0.25) is 5.95 Å². The van der Waals surface area contributed by atoms with E-state index < -0.39 is 0 Å².